The van der Waals surface area contributed by atoms with Crippen LogP contribution in [0.2, 0.25) is 0 Å². The Labute approximate surface area is 125 Å². The molecule has 0 spiro atoms. The van der Waals surface area contributed by atoms with Crippen LogP contribution < -0.4 is 5.32 Å². The first-order valence-corrected chi connectivity index (χ1v) is 7.42. The predicted octanol–water partition coefficient (Wildman–Crippen LogP) is 2.16. The van der Waals surface area contributed by atoms with Crippen LogP contribution in [0.5, 0.6) is 0 Å². The zero-order valence-electron chi connectivity index (χ0n) is 13.0. The minimum Gasteiger partial charge on any atom is -0.383 e. The van der Waals surface area contributed by atoms with Crippen LogP contribution in [0, 0.1) is 10.1 Å². The van der Waals surface area contributed by atoms with E-state index in [-0.39, 0.29) is 10.6 Å². The summed E-state index contributed by atoms with van der Waals surface area (Å²) in [6.45, 7) is 6.06. The maximum absolute atomic E-state index is 11.1. The quantitative estimate of drug-likeness (QED) is 0.665. The molecule has 116 valence electrons. The molecule has 1 aliphatic heterocycles. The maximum atomic E-state index is 11.1. The van der Waals surface area contributed by atoms with Crippen LogP contribution in [-0.4, -0.2) is 54.5 Å². The third-order valence-electron chi connectivity index (χ3n) is 4.27. The fourth-order valence-electron chi connectivity index (χ4n) is 2.89. The SMILES string of the molecule is CCC1CN(Cc2ccc(NC)c([N+](=O)[O-])c2)CCN1C. The number of nitro groups is 1. The van der Waals surface area contributed by atoms with Gasteiger partial charge in [-0.1, -0.05) is 13.0 Å². The lowest BCUT2D eigenvalue weighted by Gasteiger charge is -2.39. The van der Waals surface area contributed by atoms with E-state index < -0.39 is 0 Å². The molecule has 1 aromatic rings. The Morgan fingerprint density at radius 1 is 1.43 bits per heavy atom. The van der Waals surface area contributed by atoms with E-state index >= 15 is 0 Å². The molecule has 1 N–H and O–H groups in total. The Kier molecular flexibility index (Phi) is 5.14. The van der Waals surface area contributed by atoms with Crippen molar-refractivity contribution in [2.75, 3.05) is 39.0 Å². The molecule has 1 atom stereocenters. The zero-order chi connectivity index (χ0) is 15.4. The first-order chi connectivity index (χ1) is 10.0. The van der Waals surface area contributed by atoms with Gasteiger partial charge in [0.05, 0.1) is 4.92 Å². The normalized spacial score (nSPS) is 20.4. The second-order valence-electron chi connectivity index (χ2n) is 5.64. The van der Waals surface area contributed by atoms with Gasteiger partial charge in [0.2, 0.25) is 0 Å². The van der Waals surface area contributed by atoms with Crippen molar-refractivity contribution >= 4 is 11.4 Å². The van der Waals surface area contributed by atoms with Crippen molar-refractivity contribution in [3.05, 3.63) is 33.9 Å². The van der Waals surface area contributed by atoms with E-state index in [1.807, 2.05) is 6.07 Å². The van der Waals surface area contributed by atoms with E-state index in [4.69, 9.17) is 0 Å². The first-order valence-electron chi connectivity index (χ1n) is 7.42. The molecule has 0 bridgehead atoms. The van der Waals surface area contributed by atoms with E-state index in [0.29, 0.717) is 11.7 Å². The molecule has 0 radical (unpaired) electrons. The molecule has 21 heavy (non-hydrogen) atoms. The molecule has 0 amide bonds. The largest absolute Gasteiger partial charge is 0.383 e. The number of likely N-dealkylation sites (N-methyl/N-ethyl adjacent to an activating group) is 1. The molecule has 1 aromatic carbocycles. The summed E-state index contributed by atoms with van der Waals surface area (Å²) in [7, 11) is 3.87. The van der Waals surface area contributed by atoms with Crippen molar-refractivity contribution in [1.82, 2.24) is 9.80 Å². The molecule has 1 aliphatic rings. The van der Waals surface area contributed by atoms with Crippen LogP contribution >= 0.6 is 0 Å². The number of anilines is 1. The second kappa shape index (κ2) is 6.87. The van der Waals surface area contributed by atoms with Crippen LogP contribution in [0.25, 0.3) is 0 Å². The number of hydrogen-bond donors (Lipinski definition) is 1. The van der Waals surface area contributed by atoms with Crippen LogP contribution in [0.15, 0.2) is 18.2 Å². The summed E-state index contributed by atoms with van der Waals surface area (Å²) in [4.78, 5) is 15.6. The van der Waals surface area contributed by atoms with Crippen molar-refractivity contribution in [2.45, 2.75) is 25.9 Å². The van der Waals surface area contributed by atoms with Crippen molar-refractivity contribution in [2.24, 2.45) is 0 Å². The lowest BCUT2D eigenvalue weighted by atomic mass is 10.1. The van der Waals surface area contributed by atoms with E-state index in [9.17, 15) is 10.1 Å². The van der Waals surface area contributed by atoms with Crippen LogP contribution in [0.4, 0.5) is 11.4 Å². The highest BCUT2D eigenvalue weighted by molar-refractivity contribution is 5.62. The Morgan fingerprint density at radius 2 is 2.19 bits per heavy atom. The van der Waals surface area contributed by atoms with Crippen molar-refractivity contribution < 1.29 is 4.92 Å². The summed E-state index contributed by atoms with van der Waals surface area (Å²) in [6.07, 6.45) is 1.13. The maximum Gasteiger partial charge on any atom is 0.292 e. The fourth-order valence-corrected chi connectivity index (χ4v) is 2.89. The summed E-state index contributed by atoms with van der Waals surface area (Å²) in [5.74, 6) is 0. The first kappa shape index (κ1) is 15.7. The summed E-state index contributed by atoms with van der Waals surface area (Å²) in [6, 6.07) is 6.02. The van der Waals surface area contributed by atoms with E-state index in [0.717, 1.165) is 38.2 Å². The average Bonchev–Trinajstić information content (AvgIpc) is 2.49. The second-order valence-corrected chi connectivity index (χ2v) is 5.64. The third-order valence-corrected chi connectivity index (χ3v) is 4.27. The predicted molar refractivity (Wildman–Crippen MR) is 84.6 cm³/mol. The van der Waals surface area contributed by atoms with Gasteiger partial charge < -0.3 is 10.2 Å². The third kappa shape index (κ3) is 3.71. The number of piperazine rings is 1. The Hall–Kier alpha value is -1.66. The number of nitrogens with one attached hydrogen (secondary N) is 1. The molecule has 0 aliphatic carbocycles. The lowest BCUT2D eigenvalue weighted by Crippen LogP contribution is -2.50. The number of benzene rings is 1. The van der Waals surface area contributed by atoms with Gasteiger partial charge in [-0.25, -0.2) is 0 Å². The molecule has 0 saturated carbocycles. The number of hydrogen-bond acceptors (Lipinski definition) is 5. The Bertz CT molecular complexity index is 506. The number of nitrogens with zero attached hydrogens (tertiary/aromatic N) is 3. The van der Waals surface area contributed by atoms with Gasteiger partial charge in [0.15, 0.2) is 0 Å². The molecule has 6 nitrogen and oxygen atoms in total. The van der Waals surface area contributed by atoms with Crippen LogP contribution in [0.1, 0.15) is 18.9 Å². The van der Waals surface area contributed by atoms with Crippen LogP contribution in [0.3, 0.4) is 0 Å². The van der Waals surface area contributed by atoms with Gasteiger partial charge in [-0.2, -0.15) is 0 Å². The standard InChI is InChI=1S/C15H24N4O2/c1-4-13-11-18(8-7-17(13)3)10-12-5-6-14(16-2)15(9-12)19(20)21/h5-6,9,13,16H,4,7-8,10-11H2,1-3H3. The molecule has 1 fully saturated rings. The Morgan fingerprint density at radius 3 is 2.81 bits per heavy atom. The van der Waals surface area contributed by atoms with E-state index in [1.165, 1.54) is 0 Å². The lowest BCUT2D eigenvalue weighted by molar-refractivity contribution is -0.384. The summed E-state index contributed by atoms with van der Waals surface area (Å²) >= 11 is 0. The molecular weight excluding hydrogens is 268 g/mol. The molecule has 1 unspecified atom stereocenters. The minimum absolute atomic E-state index is 0.149. The summed E-state index contributed by atoms with van der Waals surface area (Å²) in [5.41, 5.74) is 1.71. The molecule has 1 saturated heterocycles. The molecule has 6 heteroatoms. The van der Waals surface area contributed by atoms with Crippen molar-refractivity contribution in [3.63, 3.8) is 0 Å². The van der Waals surface area contributed by atoms with Gasteiger partial charge in [-0.15, -0.1) is 0 Å². The van der Waals surface area contributed by atoms with Crippen molar-refractivity contribution in [3.8, 4) is 0 Å². The molecule has 2 rings (SSSR count). The fraction of sp³-hybridized carbons (Fsp3) is 0.600. The van der Waals surface area contributed by atoms with Gasteiger partial charge >= 0.3 is 0 Å². The highest BCUT2D eigenvalue weighted by Gasteiger charge is 2.23. The topological polar surface area (TPSA) is 61.6 Å². The van der Waals surface area contributed by atoms with Crippen LogP contribution in [-0.2, 0) is 6.54 Å². The molecule has 0 aromatic heterocycles. The molecule has 1 heterocycles. The summed E-state index contributed by atoms with van der Waals surface area (Å²) in [5, 5.41) is 14.0. The monoisotopic (exact) mass is 292 g/mol. The summed E-state index contributed by atoms with van der Waals surface area (Å²) < 4.78 is 0. The van der Waals surface area contributed by atoms with Gasteiger partial charge in [-0.05, 0) is 25.1 Å². The van der Waals surface area contributed by atoms with Gasteiger partial charge in [-0.3, -0.25) is 15.0 Å². The van der Waals surface area contributed by atoms with E-state index in [1.54, 1.807) is 19.2 Å². The minimum atomic E-state index is -0.325. The zero-order valence-corrected chi connectivity index (χ0v) is 13.0. The Balaban J connectivity index is 2.09. The highest BCUT2D eigenvalue weighted by Crippen LogP contribution is 2.26. The highest BCUT2D eigenvalue weighted by atomic mass is 16.6. The number of nitro benzene ring substituents is 1. The van der Waals surface area contributed by atoms with E-state index in [2.05, 4.69) is 29.1 Å². The number of rotatable bonds is 5. The smallest absolute Gasteiger partial charge is 0.292 e. The van der Waals surface area contributed by atoms with Gasteiger partial charge in [0.1, 0.15) is 5.69 Å². The average molecular weight is 292 g/mol. The van der Waals surface area contributed by atoms with Gasteiger partial charge in [0, 0.05) is 45.3 Å². The van der Waals surface area contributed by atoms with Gasteiger partial charge in [0.25, 0.3) is 5.69 Å². The molecular formula is C15H24N4O2. The van der Waals surface area contributed by atoms with Crippen molar-refractivity contribution in [1.29, 1.82) is 0 Å².